The average molecular weight is 351 g/mol. The van der Waals surface area contributed by atoms with Gasteiger partial charge in [-0.2, -0.15) is 5.10 Å². The first-order chi connectivity index (χ1) is 12.1. The summed E-state index contributed by atoms with van der Waals surface area (Å²) in [7, 11) is 0. The van der Waals surface area contributed by atoms with Crippen LogP contribution < -0.4 is 0 Å². The highest BCUT2D eigenvalue weighted by molar-refractivity contribution is 5.76. The second-order valence-electron chi connectivity index (χ2n) is 7.20. The summed E-state index contributed by atoms with van der Waals surface area (Å²) in [6.07, 6.45) is 1.95. The Bertz CT molecular complexity index is 558. The summed E-state index contributed by atoms with van der Waals surface area (Å²) >= 11 is 0. The van der Waals surface area contributed by atoms with Gasteiger partial charge in [0.2, 0.25) is 5.91 Å². The molecule has 2 unspecified atom stereocenters. The van der Waals surface area contributed by atoms with Crippen LogP contribution in [0.1, 0.15) is 24.5 Å². The van der Waals surface area contributed by atoms with Gasteiger partial charge in [0.1, 0.15) is 5.82 Å². The lowest BCUT2D eigenvalue weighted by atomic mass is 9.89. The Labute approximate surface area is 148 Å². The zero-order valence-corrected chi connectivity index (χ0v) is 15.0. The lowest BCUT2D eigenvalue weighted by Gasteiger charge is -2.40. The summed E-state index contributed by atoms with van der Waals surface area (Å²) in [5.74, 6) is 2.18. The van der Waals surface area contributed by atoms with Crippen LogP contribution in [0, 0.1) is 18.8 Å². The molecule has 0 saturated carbocycles. The smallest absolute Gasteiger partial charge is 0.223 e. The number of aryl methyl sites for hydroxylation is 2. The lowest BCUT2D eigenvalue weighted by molar-refractivity contribution is -0.134. The molecule has 0 spiro atoms. The monoisotopic (exact) mass is 351 g/mol. The number of piperidine rings is 1. The Kier molecular flexibility index (Phi) is 6.39. The third kappa shape index (κ3) is 5.23. The van der Waals surface area contributed by atoms with E-state index in [-0.39, 0.29) is 18.4 Å². The third-order valence-corrected chi connectivity index (χ3v) is 5.06. The number of hydrogen-bond acceptors (Lipinski definition) is 6. The van der Waals surface area contributed by atoms with Gasteiger partial charge in [-0.05, 0) is 25.2 Å². The number of carbonyl (C=O) groups excluding carboxylic acids is 1. The van der Waals surface area contributed by atoms with E-state index >= 15 is 0 Å². The maximum absolute atomic E-state index is 12.6. The zero-order valence-electron chi connectivity index (χ0n) is 15.0. The Morgan fingerprint density at radius 1 is 1.32 bits per heavy atom. The number of aromatic amines is 1. The van der Waals surface area contributed by atoms with Gasteiger partial charge >= 0.3 is 0 Å². The van der Waals surface area contributed by atoms with Crippen molar-refractivity contribution in [2.75, 3.05) is 52.5 Å². The molecule has 1 aromatic rings. The lowest BCUT2D eigenvalue weighted by Crippen LogP contribution is -2.49. The molecule has 2 aliphatic rings. The van der Waals surface area contributed by atoms with E-state index in [1.54, 1.807) is 0 Å². The van der Waals surface area contributed by atoms with Gasteiger partial charge in [0.25, 0.3) is 0 Å². The summed E-state index contributed by atoms with van der Waals surface area (Å²) < 4.78 is 5.41. The van der Waals surface area contributed by atoms with Crippen LogP contribution in [0.4, 0.5) is 0 Å². The Morgan fingerprint density at radius 3 is 2.76 bits per heavy atom. The quantitative estimate of drug-likeness (QED) is 0.739. The van der Waals surface area contributed by atoms with Crippen molar-refractivity contribution >= 4 is 5.91 Å². The number of H-pyrrole nitrogens is 1. The number of aliphatic hydroxyl groups is 1. The molecule has 8 heteroatoms. The summed E-state index contributed by atoms with van der Waals surface area (Å²) in [4.78, 5) is 21.2. The minimum Gasteiger partial charge on any atom is -0.396 e. The zero-order chi connectivity index (χ0) is 17.6. The van der Waals surface area contributed by atoms with Crippen molar-refractivity contribution in [1.29, 1.82) is 0 Å². The van der Waals surface area contributed by atoms with Crippen LogP contribution >= 0.6 is 0 Å². The maximum atomic E-state index is 12.6. The van der Waals surface area contributed by atoms with Gasteiger partial charge in [0.15, 0.2) is 5.82 Å². The standard InChI is InChI=1S/C17H29N5O3/c1-13-18-16(20-19-13)2-3-17(24)22-10-14(8-15(11-22)12-23)9-21-4-6-25-7-5-21/h14-15,23H,2-12H2,1H3,(H,18,19,20). The summed E-state index contributed by atoms with van der Waals surface area (Å²) in [6.45, 7) is 7.89. The molecule has 8 nitrogen and oxygen atoms in total. The van der Waals surface area contributed by atoms with Crippen molar-refractivity contribution in [3.8, 4) is 0 Å². The van der Waals surface area contributed by atoms with Crippen LogP contribution in [0.3, 0.4) is 0 Å². The molecule has 2 N–H and O–H groups in total. The number of hydrogen-bond donors (Lipinski definition) is 2. The topological polar surface area (TPSA) is 94.6 Å². The fraction of sp³-hybridized carbons (Fsp3) is 0.824. The number of morpholine rings is 1. The van der Waals surface area contributed by atoms with Gasteiger partial charge in [0.05, 0.1) is 13.2 Å². The largest absolute Gasteiger partial charge is 0.396 e. The van der Waals surface area contributed by atoms with E-state index in [4.69, 9.17) is 4.74 Å². The molecule has 140 valence electrons. The van der Waals surface area contributed by atoms with E-state index in [0.29, 0.717) is 31.1 Å². The number of nitrogens with one attached hydrogen (secondary N) is 1. The Balaban J connectivity index is 1.52. The molecule has 2 aliphatic heterocycles. The molecule has 0 aliphatic carbocycles. The number of likely N-dealkylation sites (tertiary alicyclic amines) is 1. The predicted molar refractivity (Wildman–Crippen MR) is 92.0 cm³/mol. The molecule has 3 rings (SSSR count). The fourth-order valence-corrected chi connectivity index (χ4v) is 3.81. The van der Waals surface area contributed by atoms with E-state index in [0.717, 1.165) is 51.6 Å². The van der Waals surface area contributed by atoms with E-state index < -0.39 is 0 Å². The van der Waals surface area contributed by atoms with E-state index in [2.05, 4.69) is 20.1 Å². The minimum absolute atomic E-state index is 0.132. The number of ether oxygens (including phenoxy) is 1. The maximum Gasteiger partial charge on any atom is 0.223 e. The molecule has 2 atom stereocenters. The predicted octanol–water partition coefficient (Wildman–Crippen LogP) is -0.165. The average Bonchev–Trinajstić information content (AvgIpc) is 3.05. The molecular weight excluding hydrogens is 322 g/mol. The molecule has 25 heavy (non-hydrogen) atoms. The number of amides is 1. The van der Waals surface area contributed by atoms with Crippen molar-refractivity contribution in [2.45, 2.75) is 26.2 Å². The van der Waals surface area contributed by atoms with Crippen LogP contribution in [0.2, 0.25) is 0 Å². The molecule has 1 amide bonds. The number of aromatic nitrogens is 3. The Morgan fingerprint density at radius 2 is 2.08 bits per heavy atom. The van der Waals surface area contributed by atoms with Crippen molar-refractivity contribution in [3.63, 3.8) is 0 Å². The summed E-state index contributed by atoms with van der Waals surface area (Å²) in [5, 5.41) is 16.5. The molecule has 3 heterocycles. The minimum atomic E-state index is 0.132. The fourth-order valence-electron chi connectivity index (χ4n) is 3.81. The second-order valence-corrected chi connectivity index (χ2v) is 7.20. The first kappa shape index (κ1) is 18.3. The molecule has 2 saturated heterocycles. The highest BCUT2D eigenvalue weighted by Gasteiger charge is 2.31. The van der Waals surface area contributed by atoms with E-state index in [1.807, 2.05) is 11.8 Å². The first-order valence-corrected chi connectivity index (χ1v) is 9.20. The highest BCUT2D eigenvalue weighted by Crippen LogP contribution is 2.23. The van der Waals surface area contributed by atoms with Crippen LogP contribution in [0.15, 0.2) is 0 Å². The van der Waals surface area contributed by atoms with Crippen molar-refractivity contribution in [3.05, 3.63) is 11.6 Å². The number of aliphatic hydroxyl groups excluding tert-OH is 1. The molecule has 0 radical (unpaired) electrons. The summed E-state index contributed by atoms with van der Waals surface area (Å²) in [6, 6.07) is 0. The molecule has 1 aromatic heterocycles. The normalized spacial score (nSPS) is 25.3. The Hall–Kier alpha value is -1.51. The van der Waals surface area contributed by atoms with Crippen LogP contribution in [0.25, 0.3) is 0 Å². The van der Waals surface area contributed by atoms with Crippen molar-refractivity contribution in [1.82, 2.24) is 25.0 Å². The molecule has 0 bridgehead atoms. The molecule has 0 aromatic carbocycles. The number of nitrogens with zero attached hydrogens (tertiary/aromatic N) is 4. The first-order valence-electron chi connectivity index (χ1n) is 9.20. The van der Waals surface area contributed by atoms with E-state index in [1.165, 1.54) is 0 Å². The highest BCUT2D eigenvalue weighted by atomic mass is 16.5. The van der Waals surface area contributed by atoms with Crippen LogP contribution in [-0.4, -0.2) is 88.5 Å². The summed E-state index contributed by atoms with van der Waals surface area (Å²) in [5.41, 5.74) is 0. The number of rotatable bonds is 6. The van der Waals surface area contributed by atoms with Crippen molar-refractivity contribution < 1.29 is 14.6 Å². The van der Waals surface area contributed by atoms with Gasteiger partial charge in [-0.15, -0.1) is 0 Å². The van der Waals surface area contributed by atoms with Gasteiger partial charge < -0.3 is 14.7 Å². The second kappa shape index (κ2) is 8.73. The van der Waals surface area contributed by atoms with Crippen LogP contribution in [-0.2, 0) is 16.0 Å². The van der Waals surface area contributed by atoms with Gasteiger partial charge in [-0.25, -0.2) is 4.98 Å². The van der Waals surface area contributed by atoms with E-state index in [9.17, 15) is 9.90 Å². The van der Waals surface area contributed by atoms with Gasteiger partial charge in [-0.3, -0.25) is 14.8 Å². The third-order valence-electron chi connectivity index (χ3n) is 5.06. The van der Waals surface area contributed by atoms with Crippen molar-refractivity contribution in [2.24, 2.45) is 11.8 Å². The van der Waals surface area contributed by atoms with Gasteiger partial charge in [-0.1, -0.05) is 0 Å². The SMILES string of the molecule is Cc1nc(CCC(=O)N2CC(CO)CC(CN3CCOCC3)C2)n[nH]1. The molecular formula is C17H29N5O3. The van der Waals surface area contributed by atoms with Gasteiger partial charge in [0, 0.05) is 52.2 Å². The number of carbonyl (C=O) groups is 1. The molecule has 2 fully saturated rings. The van der Waals surface area contributed by atoms with Crippen LogP contribution in [0.5, 0.6) is 0 Å².